The lowest BCUT2D eigenvalue weighted by atomic mass is 9.89. The second-order valence-electron chi connectivity index (χ2n) is 7.75. The number of morpholine rings is 1. The third-order valence-electron chi connectivity index (χ3n) is 5.75. The number of fused-ring (bicyclic) bond motifs is 2. The van der Waals surface area contributed by atoms with Crippen molar-refractivity contribution in [1.29, 1.82) is 0 Å². The Morgan fingerprint density at radius 2 is 1.48 bits per heavy atom. The Morgan fingerprint density at radius 3 is 2.21 bits per heavy atom. The highest BCUT2D eigenvalue weighted by atomic mass is 16.5. The fourth-order valence-corrected chi connectivity index (χ4v) is 4.28. The van der Waals surface area contributed by atoms with Gasteiger partial charge in [-0.1, -0.05) is 66.7 Å². The number of benzene rings is 3. The maximum Gasteiger partial charge on any atom is 0.127 e. The summed E-state index contributed by atoms with van der Waals surface area (Å²) in [5, 5.41) is 0. The van der Waals surface area contributed by atoms with E-state index in [0.29, 0.717) is 12.1 Å². The zero-order valence-corrected chi connectivity index (χ0v) is 16.4. The van der Waals surface area contributed by atoms with Crippen LogP contribution in [0.4, 0.5) is 0 Å². The number of ether oxygens (including phenoxy) is 2. The lowest BCUT2D eigenvalue weighted by molar-refractivity contribution is -0.0402. The number of hydrogen-bond acceptors (Lipinski definition) is 3. The zero-order chi connectivity index (χ0) is 19.5. The van der Waals surface area contributed by atoms with Crippen LogP contribution in [0.15, 0.2) is 91.0 Å². The van der Waals surface area contributed by atoms with E-state index in [-0.39, 0.29) is 0 Å². The molecule has 0 spiro atoms. The summed E-state index contributed by atoms with van der Waals surface area (Å²) in [5.74, 6) is 1.73. The Bertz CT molecular complexity index is 967. The van der Waals surface area contributed by atoms with Crippen molar-refractivity contribution in [2.45, 2.75) is 25.0 Å². The summed E-state index contributed by atoms with van der Waals surface area (Å²) in [6, 6.07) is 29.9. The molecule has 2 bridgehead atoms. The van der Waals surface area contributed by atoms with Gasteiger partial charge in [-0.25, -0.2) is 0 Å². The smallest absolute Gasteiger partial charge is 0.127 e. The van der Waals surface area contributed by atoms with Gasteiger partial charge in [0.2, 0.25) is 0 Å². The Balaban J connectivity index is 1.32. The first-order chi connectivity index (χ1) is 14.3. The molecule has 2 heterocycles. The minimum Gasteiger partial charge on any atom is -0.457 e. The Morgan fingerprint density at radius 1 is 0.793 bits per heavy atom. The quantitative estimate of drug-likeness (QED) is 0.578. The van der Waals surface area contributed by atoms with Crippen LogP contribution in [0.25, 0.3) is 5.57 Å². The van der Waals surface area contributed by atoms with E-state index in [9.17, 15) is 0 Å². The molecule has 1 saturated heterocycles. The van der Waals surface area contributed by atoms with Crippen LogP contribution in [0.1, 0.15) is 17.5 Å². The SMILES string of the molecule is C1=C(c2ccc(Oc3ccccc3)cc2)CC2COCC1N2Cc1ccccc1. The molecule has 0 saturated carbocycles. The molecule has 2 aliphatic rings. The molecule has 3 nitrogen and oxygen atoms in total. The number of nitrogens with zero attached hydrogens (tertiary/aromatic N) is 1. The molecule has 5 rings (SSSR count). The molecule has 0 aromatic heterocycles. The van der Waals surface area contributed by atoms with Crippen molar-refractivity contribution in [2.75, 3.05) is 13.2 Å². The Kier molecular flexibility index (Phi) is 5.16. The highest BCUT2D eigenvalue weighted by Crippen LogP contribution is 2.34. The van der Waals surface area contributed by atoms with Crippen LogP contribution < -0.4 is 4.74 Å². The van der Waals surface area contributed by atoms with E-state index in [4.69, 9.17) is 9.47 Å². The van der Waals surface area contributed by atoms with Gasteiger partial charge in [0.15, 0.2) is 0 Å². The van der Waals surface area contributed by atoms with Gasteiger partial charge in [0.1, 0.15) is 11.5 Å². The molecule has 0 radical (unpaired) electrons. The van der Waals surface area contributed by atoms with Gasteiger partial charge < -0.3 is 9.47 Å². The highest BCUT2D eigenvalue weighted by Gasteiger charge is 2.34. The van der Waals surface area contributed by atoms with Gasteiger partial charge >= 0.3 is 0 Å². The lowest BCUT2D eigenvalue weighted by Crippen LogP contribution is -2.53. The third kappa shape index (κ3) is 4.12. The molecule has 3 aromatic carbocycles. The van der Waals surface area contributed by atoms with Gasteiger partial charge in [-0.2, -0.15) is 0 Å². The minimum atomic E-state index is 0.331. The second kappa shape index (κ2) is 8.24. The molecule has 29 heavy (non-hydrogen) atoms. The van der Waals surface area contributed by atoms with Gasteiger partial charge in [0, 0.05) is 12.6 Å². The summed E-state index contributed by atoms with van der Waals surface area (Å²) in [5.41, 5.74) is 4.06. The minimum absolute atomic E-state index is 0.331. The van der Waals surface area contributed by atoms with Gasteiger partial charge in [-0.05, 0) is 47.4 Å². The Hall–Kier alpha value is -2.88. The van der Waals surface area contributed by atoms with Crippen LogP contribution >= 0.6 is 0 Å². The zero-order valence-electron chi connectivity index (χ0n) is 16.4. The molecule has 3 aromatic rings. The molecule has 3 heteroatoms. The van der Waals surface area contributed by atoms with E-state index in [2.05, 4.69) is 65.6 Å². The monoisotopic (exact) mass is 383 g/mol. The summed E-state index contributed by atoms with van der Waals surface area (Å²) in [7, 11) is 0. The van der Waals surface area contributed by atoms with E-state index >= 15 is 0 Å². The van der Waals surface area contributed by atoms with Crippen molar-refractivity contribution in [3.05, 3.63) is 102 Å². The Labute approximate surface area is 172 Å². The fourth-order valence-electron chi connectivity index (χ4n) is 4.28. The van der Waals surface area contributed by atoms with Crippen molar-refractivity contribution >= 4 is 5.57 Å². The summed E-state index contributed by atoms with van der Waals surface area (Å²) < 4.78 is 11.8. The van der Waals surface area contributed by atoms with Crippen molar-refractivity contribution in [3.8, 4) is 11.5 Å². The van der Waals surface area contributed by atoms with Gasteiger partial charge in [-0.15, -0.1) is 0 Å². The largest absolute Gasteiger partial charge is 0.457 e. The molecule has 1 fully saturated rings. The van der Waals surface area contributed by atoms with E-state index in [1.54, 1.807) is 0 Å². The van der Waals surface area contributed by atoms with Crippen molar-refractivity contribution in [3.63, 3.8) is 0 Å². The predicted octanol–water partition coefficient (Wildman–Crippen LogP) is 5.54. The normalized spacial score (nSPS) is 21.4. The first-order valence-corrected chi connectivity index (χ1v) is 10.3. The number of rotatable bonds is 5. The predicted molar refractivity (Wildman–Crippen MR) is 116 cm³/mol. The van der Waals surface area contributed by atoms with Gasteiger partial charge in [-0.3, -0.25) is 4.90 Å². The summed E-state index contributed by atoms with van der Waals surface area (Å²) >= 11 is 0. The van der Waals surface area contributed by atoms with Crippen LogP contribution in [0, 0.1) is 0 Å². The van der Waals surface area contributed by atoms with Crippen LogP contribution in [0.3, 0.4) is 0 Å². The van der Waals surface area contributed by atoms with Crippen LogP contribution in [-0.2, 0) is 11.3 Å². The van der Waals surface area contributed by atoms with E-state index in [1.807, 2.05) is 30.3 Å². The van der Waals surface area contributed by atoms with Crippen LogP contribution in [0.5, 0.6) is 11.5 Å². The molecule has 0 amide bonds. The molecular weight excluding hydrogens is 358 g/mol. The molecule has 0 aliphatic carbocycles. The topological polar surface area (TPSA) is 21.7 Å². The molecule has 0 N–H and O–H groups in total. The molecule has 146 valence electrons. The van der Waals surface area contributed by atoms with Crippen molar-refractivity contribution < 1.29 is 9.47 Å². The van der Waals surface area contributed by atoms with E-state index < -0.39 is 0 Å². The maximum absolute atomic E-state index is 5.93. The van der Waals surface area contributed by atoms with Gasteiger partial charge in [0.25, 0.3) is 0 Å². The first kappa shape index (κ1) is 18.2. The van der Waals surface area contributed by atoms with Gasteiger partial charge in [0.05, 0.1) is 19.3 Å². The number of para-hydroxylation sites is 1. The first-order valence-electron chi connectivity index (χ1n) is 10.3. The van der Waals surface area contributed by atoms with Crippen LogP contribution in [0.2, 0.25) is 0 Å². The summed E-state index contributed by atoms with van der Waals surface area (Å²) in [6.45, 7) is 2.55. The molecule has 2 atom stereocenters. The maximum atomic E-state index is 5.93. The van der Waals surface area contributed by atoms with E-state index in [1.165, 1.54) is 16.7 Å². The average molecular weight is 383 g/mol. The molecular formula is C26H25NO2. The third-order valence-corrected chi connectivity index (χ3v) is 5.75. The summed E-state index contributed by atoms with van der Waals surface area (Å²) in [4.78, 5) is 2.59. The fraction of sp³-hybridized carbons (Fsp3) is 0.231. The second-order valence-corrected chi connectivity index (χ2v) is 7.75. The lowest BCUT2D eigenvalue weighted by Gasteiger charge is -2.44. The van der Waals surface area contributed by atoms with E-state index in [0.717, 1.165) is 37.7 Å². The van der Waals surface area contributed by atoms with Crippen molar-refractivity contribution in [1.82, 2.24) is 4.90 Å². The molecule has 2 unspecified atom stereocenters. The summed E-state index contributed by atoms with van der Waals surface area (Å²) in [6.07, 6.45) is 3.41. The number of hydrogen-bond donors (Lipinski definition) is 0. The average Bonchev–Trinajstić information content (AvgIpc) is 2.76. The standard InChI is InChI=1S/C26H25NO2/c1-3-7-20(8-4-1)17-27-23-15-22(16-24(27)19-28-18-23)21-11-13-26(14-12-21)29-25-9-5-2-6-10-25/h1-15,23-24H,16-19H2. The molecule has 2 aliphatic heterocycles. The van der Waals surface area contributed by atoms with Crippen LogP contribution in [-0.4, -0.2) is 30.2 Å². The van der Waals surface area contributed by atoms with Crippen molar-refractivity contribution in [2.24, 2.45) is 0 Å². The highest BCUT2D eigenvalue weighted by molar-refractivity contribution is 5.68.